The highest BCUT2D eigenvalue weighted by atomic mass is 32.1. The Balaban J connectivity index is 2.10. The van der Waals surface area contributed by atoms with Crippen LogP contribution >= 0.6 is 11.3 Å². The van der Waals surface area contributed by atoms with Crippen molar-refractivity contribution in [3.8, 4) is 0 Å². The number of nitrogens with zero attached hydrogens (tertiary/aromatic N) is 1. The Morgan fingerprint density at radius 2 is 2.11 bits per heavy atom. The Bertz CT molecular complexity index is 410. The number of amides is 1. The molecule has 0 bridgehead atoms. The maximum absolute atomic E-state index is 12.7. The van der Waals surface area contributed by atoms with Crippen LogP contribution in [0.2, 0.25) is 0 Å². The lowest BCUT2D eigenvalue weighted by atomic mass is 10.0. The lowest BCUT2D eigenvalue weighted by Gasteiger charge is -2.34. The summed E-state index contributed by atoms with van der Waals surface area (Å²) in [5.74, 6) is 0.235. The van der Waals surface area contributed by atoms with Gasteiger partial charge in [-0.25, -0.2) is 0 Å². The molecule has 1 aliphatic heterocycles. The zero-order valence-electron chi connectivity index (χ0n) is 11.9. The number of hydrogen-bond donors (Lipinski definition) is 1. The third kappa shape index (κ3) is 3.57. The van der Waals surface area contributed by atoms with Gasteiger partial charge in [0, 0.05) is 17.5 Å². The van der Waals surface area contributed by atoms with Crippen molar-refractivity contribution >= 4 is 17.2 Å². The molecule has 19 heavy (non-hydrogen) atoms. The van der Waals surface area contributed by atoms with Crippen LogP contribution in [0.4, 0.5) is 0 Å². The highest BCUT2D eigenvalue weighted by Gasteiger charge is 2.26. The van der Waals surface area contributed by atoms with Gasteiger partial charge in [0.1, 0.15) is 0 Å². The van der Waals surface area contributed by atoms with Crippen molar-refractivity contribution in [2.45, 2.75) is 45.6 Å². The van der Waals surface area contributed by atoms with Gasteiger partial charge in [0.2, 0.25) is 0 Å². The molecule has 0 saturated carbocycles. The summed E-state index contributed by atoms with van der Waals surface area (Å²) in [5.41, 5.74) is 0. The van der Waals surface area contributed by atoms with Crippen molar-refractivity contribution < 1.29 is 4.79 Å². The van der Waals surface area contributed by atoms with Gasteiger partial charge >= 0.3 is 0 Å². The highest BCUT2D eigenvalue weighted by molar-refractivity contribution is 7.14. The fourth-order valence-corrected chi connectivity index (χ4v) is 3.54. The zero-order valence-corrected chi connectivity index (χ0v) is 12.8. The van der Waals surface area contributed by atoms with Gasteiger partial charge in [-0.1, -0.05) is 13.8 Å². The summed E-state index contributed by atoms with van der Waals surface area (Å²) in [6.45, 7) is 7.22. The van der Waals surface area contributed by atoms with Crippen LogP contribution in [0.15, 0.2) is 12.1 Å². The van der Waals surface area contributed by atoms with Crippen LogP contribution in [0.1, 0.15) is 47.7 Å². The van der Waals surface area contributed by atoms with Crippen LogP contribution in [-0.2, 0) is 6.42 Å². The fourth-order valence-electron chi connectivity index (χ4n) is 2.63. The quantitative estimate of drug-likeness (QED) is 0.899. The van der Waals surface area contributed by atoms with Crippen molar-refractivity contribution in [1.29, 1.82) is 0 Å². The summed E-state index contributed by atoms with van der Waals surface area (Å²) >= 11 is 1.65. The molecule has 0 unspecified atom stereocenters. The molecule has 3 nitrogen and oxygen atoms in total. The van der Waals surface area contributed by atoms with E-state index >= 15 is 0 Å². The van der Waals surface area contributed by atoms with Gasteiger partial charge in [-0.15, -0.1) is 11.3 Å². The van der Waals surface area contributed by atoms with E-state index in [0.717, 1.165) is 50.2 Å². The first-order chi connectivity index (χ1) is 9.26. The zero-order chi connectivity index (χ0) is 13.7. The molecule has 4 heteroatoms. The van der Waals surface area contributed by atoms with Crippen LogP contribution in [0, 0.1) is 0 Å². The second-order valence-corrected chi connectivity index (χ2v) is 6.27. The standard InChI is InChI=1S/C15H24N2OS/c1-3-11-17(12-7-9-16-10-8-12)15(18)14-6-5-13(4-2)19-14/h5-6,12,16H,3-4,7-11H2,1-2H3. The Hall–Kier alpha value is -0.870. The predicted molar refractivity (Wildman–Crippen MR) is 80.9 cm³/mol. The molecule has 0 atom stereocenters. The number of carbonyl (C=O) groups excluding carboxylic acids is 1. The molecular formula is C15H24N2OS. The van der Waals surface area contributed by atoms with Gasteiger partial charge in [-0.3, -0.25) is 4.79 Å². The third-order valence-electron chi connectivity index (χ3n) is 3.70. The molecule has 1 aromatic rings. The number of hydrogen-bond acceptors (Lipinski definition) is 3. The molecular weight excluding hydrogens is 256 g/mol. The van der Waals surface area contributed by atoms with Crippen LogP contribution < -0.4 is 5.32 Å². The minimum absolute atomic E-state index is 0.235. The summed E-state index contributed by atoms with van der Waals surface area (Å²) < 4.78 is 0. The van der Waals surface area contributed by atoms with E-state index in [1.165, 1.54) is 4.88 Å². The van der Waals surface area contributed by atoms with Crippen molar-refractivity contribution in [3.63, 3.8) is 0 Å². The maximum Gasteiger partial charge on any atom is 0.264 e. The second kappa shape index (κ2) is 7.06. The van der Waals surface area contributed by atoms with E-state index in [0.29, 0.717) is 6.04 Å². The normalized spacial score (nSPS) is 16.5. The fraction of sp³-hybridized carbons (Fsp3) is 0.667. The predicted octanol–water partition coefficient (Wildman–Crippen LogP) is 2.91. The lowest BCUT2D eigenvalue weighted by Crippen LogP contribution is -2.46. The van der Waals surface area contributed by atoms with Crippen LogP contribution in [-0.4, -0.2) is 36.5 Å². The summed E-state index contributed by atoms with van der Waals surface area (Å²) in [5, 5.41) is 3.37. The number of thiophene rings is 1. The summed E-state index contributed by atoms with van der Waals surface area (Å²) in [7, 11) is 0. The van der Waals surface area contributed by atoms with Gasteiger partial charge in [0.25, 0.3) is 5.91 Å². The molecule has 0 radical (unpaired) electrons. The van der Waals surface area contributed by atoms with E-state index in [2.05, 4.69) is 30.1 Å². The Morgan fingerprint density at radius 1 is 1.37 bits per heavy atom. The number of aryl methyl sites for hydroxylation is 1. The minimum Gasteiger partial charge on any atom is -0.335 e. The third-order valence-corrected chi connectivity index (χ3v) is 4.91. The van der Waals surface area contributed by atoms with E-state index in [4.69, 9.17) is 0 Å². The molecule has 0 aromatic carbocycles. The average Bonchev–Trinajstić information content (AvgIpc) is 2.94. The summed E-state index contributed by atoms with van der Waals surface area (Å²) in [4.78, 5) is 17.0. The first-order valence-electron chi connectivity index (χ1n) is 7.36. The lowest BCUT2D eigenvalue weighted by molar-refractivity contribution is 0.0647. The number of carbonyl (C=O) groups is 1. The SMILES string of the molecule is CCCN(C(=O)c1ccc(CC)s1)C1CCNCC1. The first-order valence-corrected chi connectivity index (χ1v) is 8.18. The van der Waals surface area contributed by atoms with Crippen molar-refractivity contribution in [1.82, 2.24) is 10.2 Å². The van der Waals surface area contributed by atoms with Crippen LogP contribution in [0.25, 0.3) is 0 Å². The minimum atomic E-state index is 0.235. The largest absolute Gasteiger partial charge is 0.335 e. The van der Waals surface area contributed by atoms with Gasteiger partial charge < -0.3 is 10.2 Å². The summed E-state index contributed by atoms with van der Waals surface area (Å²) in [6.07, 6.45) is 4.20. The average molecular weight is 280 g/mol. The van der Waals surface area contributed by atoms with Gasteiger partial charge in [0.05, 0.1) is 4.88 Å². The van der Waals surface area contributed by atoms with E-state index in [9.17, 15) is 4.79 Å². The molecule has 0 spiro atoms. The van der Waals surface area contributed by atoms with Gasteiger partial charge in [-0.2, -0.15) is 0 Å². The number of piperidine rings is 1. The van der Waals surface area contributed by atoms with Gasteiger partial charge in [-0.05, 0) is 50.9 Å². The molecule has 106 valence electrons. The van der Waals surface area contributed by atoms with Crippen molar-refractivity contribution in [2.24, 2.45) is 0 Å². The maximum atomic E-state index is 12.7. The van der Waals surface area contributed by atoms with Crippen molar-refractivity contribution in [3.05, 3.63) is 21.9 Å². The molecule has 1 aromatic heterocycles. The molecule has 1 fully saturated rings. The van der Waals surface area contributed by atoms with Crippen LogP contribution in [0.5, 0.6) is 0 Å². The molecule has 1 aliphatic rings. The Morgan fingerprint density at radius 3 is 2.68 bits per heavy atom. The van der Waals surface area contributed by atoms with E-state index in [1.807, 2.05) is 6.07 Å². The molecule has 1 N–H and O–H groups in total. The van der Waals surface area contributed by atoms with E-state index in [1.54, 1.807) is 11.3 Å². The molecule has 2 heterocycles. The number of nitrogens with one attached hydrogen (secondary N) is 1. The number of rotatable bonds is 5. The Labute approximate surface area is 120 Å². The van der Waals surface area contributed by atoms with Gasteiger partial charge in [0.15, 0.2) is 0 Å². The smallest absolute Gasteiger partial charge is 0.264 e. The molecule has 1 saturated heterocycles. The second-order valence-electron chi connectivity index (χ2n) is 5.10. The molecule has 0 aliphatic carbocycles. The van der Waals surface area contributed by atoms with Crippen LogP contribution in [0.3, 0.4) is 0 Å². The molecule has 1 amide bonds. The highest BCUT2D eigenvalue weighted by Crippen LogP contribution is 2.22. The van der Waals surface area contributed by atoms with E-state index in [-0.39, 0.29) is 5.91 Å². The van der Waals surface area contributed by atoms with E-state index < -0.39 is 0 Å². The molecule has 2 rings (SSSR count). The van der Waals surface area contributed by atoms with Crippen molar-refractivity contribution in [2.75, 3.05) is 19.6 Å². The monoisotopic (exact) mass is 280 g/mol. The summed E-state index contributed by atoms with van der Waals surface area (Å²) in [6, 6.07) is 4.50. The Kier molecular flexibility index (Phi) is 5.40. The first kappa shape index (κ1) is 14.5. The topological polar surface area (TPSA) is 32.3 Å².